The van der Waals surface area contributed by atoms with Gasteiger partial charge in [0, 0.05) is 34.6 Å². The van der Waals surface area contributed by atoms with Crippen LogP contribution in [0.2, 0.25) is 0 Å². The van der Waals surface area contributed by atoms with Crippen molar-refractivity contribution in [2.75, 3.05) is 0 Å². The van der Waals surface area contributed by atoms with E-state index < -0.39 is 11.7 Å². The van der Waals surface area contributed by atoms with E-state index in [-0.39, 0.29) is 12.5 Å². The molecule has 0 bridgehead atoms. The first kappa shape index (κ1) is 18.0. The zero-order valence-electron chi connectivity index (χ0n) is 16.2. The number of alkyl halides is 3. The van der Waals surface area contributed by atoms with E-state index in [0.29, 0.717) is 5.56 Å². The summed E-state index contributed by atoms with van der Waals surface area (Å²) in [5.74, 6) is 0.131. The fraction of sp³-hybridized carbons (Fsp3) is 0.200. The summed E-state index contributed by atoms with van der Waals surface area (Å²) in [4.78, 5) is 0. The number of benzene rings is 3. The minimum atomic E-state index is -4.37. The summed E-state index contributed by atoms with van der Waals surface area (Å²) in [6.07, 6.45) is -4.37. The van der Waals surface area contributed by atoms with Crippen molar-refractivity contribution < 1.29 is 13.2 Å². The summed E-state index contributed by atoms with van der Waals surface area (Å²) in [5, 5.41) is 1.11. The van der Waals surface area contributed by atoms with Gasteiger partial charge in [-0.1, -0.05) is 61.0 Å². The average Bonchev–Trinajstić information content (AvgIpc) is 3.15. The highest BCUT2D eigenvalue weighted by Gasteiger charge is 2.35. The Bertz CT molecular complexity index is 1250. The number of aryl methyl sites for hydroxylation is 1. The molecule has 0 saturated heterocycles. The summed E-state index contributed by atoms with van der Waals surface area (Å²) in [7, 11) is 0. The third-order valence-electron chi connectivity index (χ3n) is 6.02. The van der Waals surface area contributed by atoms with E-state index in [1.807, 2.05) is 31.2 Å². The lowest BCUT2D eigenvalue weighted by Gasteiger charge is -2.18. The first-order valence-corrected chi connectivity index (χ1v) is 9.73. The fourth-order valence-electron chi connectivity index (χ4n) is 4.75. The average molecular weight is 391 g/mol. The molecule has 1 unspecified atom stereocenters. The summed E-state index contributed by atoms with van der Waals surface area (Å²) >= 11 is 0. The van der Waals surface area contributed by atoms with Crippen LogP contribution in [-0.4, -0.2) is 4.57 Å². The summed E-state index contributed by atoms with van der Waals surface area (Å²) < 4.78 is 42.9. The first-order valence-electron chi connectivity index (χ1n) is 9.73. The van der Waals surface area contributed by atoms with Crippen LogP contribution in [0.25, 0.3) is 22.0 Å². The molecule has 1 aliphatic carbocycles. The fourth-order valence-corrected chi connectivity index (χ4v) is 4.75. The number of rotatable bonds is 2. The van der Waals surface area contributed by atoms with E-state index >= 15 is 0 Å². The van der Waals surface area contributed by atoms with Crippen molar-refractivity contribution in [2.24, 2.45) is 0 Å². The molecule has 146 valence electrons. The van der Waals surface area contributed by atoms with Crippen LogP contribution >= 0.6 is 0 Å². The van der Waals surface area contributed by atoms with Gasteiger partial charge in [0.15, 0.2) is 0 Å². The first-order chi connectivity index (χ1) is 13.9. The molecule has 4 aromatic rings. The van der Waals surface area contributed by atoms with Gasteiger partial charge in [-0.15, -0.1) is 0 Å². The highest BCUT2D eigenvalue weighted by Crippen LogP contribution is 2.50. The molecule has 4 heteroatoms. The highest BCUT2D eigenvalue weighted by molar-refractivity contribution is 6.02. The minimum Gasteiger partial charge on any atom is -0.339 e. The zero-order valence-corrected chi connectivity index (χ0v) is 16.2. The predicted octanol–water partition coefficient (Wildman–Crippen LogP) is 7.15. The van der Waals surface area contributed by atoms with E-state index in [1.54, 1.807) is 12.1 Å². The number of fused-ring (bicyclic) bond motifs is 5. The Labute approximate surface area is 167 Å². The largest absolute Gasteiger partial charge is 0.416 e. The second-order valence-electron chi connectivity index (χ2n) is 7.83. The van der Waals surface area contributed by atoms with Crippen LogP contribution in [0.3, 0.4) is 0 Å². The minimum absolute atomic E-state index is 0.131. The standard InChI is InChI=1S/C25H20F3N/c1-15-11-12-22-20(13-15)23-19-9-5-4-8-18(19)16(2)24(23)29(22)14-17-7-3-6-10-21(17)25(26,27)28/h3-13,16H,14H2,1-2H3. The Morgan fingerprint density at radius 3 is 2.45 bits per heavy atom. The topological polar surface area (TPSA) is 4.93 Å². The van der Waals surface area contributed by atoms with Crippen LogP contribution in [-0.2, 0) is 12.7 Å². The van der Waals surface area contributed by atoms with Crippen molar-refractivity contribution in [3.63, 3.8) is 0 Å². The van der Waals surface area contributed by atoms with Gasteiger partial charge in [0.1, 0.15) is 0 Å². The molecule has 3 aromatic carbocycles. The Balaban J connectivity index is 1.78. The van der Waals surface area contributed by atoms with Crippen molar-refractivity contribution in [3.8, 4) is 11.1 Å². The molecule has 29 heavy (non-hydrogen) atoms. The molecule has 0 spiro atoms. The van der Waals surface area contributed by atoms with Crippen LogP contribution in [0.15, 0.2) is 66.7 Å². The van der Waals surface area contributed by atoms with Crippen molar-refractivity contribution >= 4 is 10.9 Å². The number of hydrogen-bond donors (Lipinski definition) is 0. The Morgan fingerprint density at radius 2 is 1.66 bits per heavy atom. The second-order valence-corrected chi connectivity index (χ2v) is 7.83. The molecule has 0 N–H and O–H groups in total. The monoisotopic (exact) mass is 391 g/mol. The summed E-state index contributed by atoms with van der Waals surface area (Å²) in [6, 6.07) is 20.4. The Hall–Kier alpha value is -3.01. The predicted molar refractivity (Wildman–Crippen MR) is 110 cm³/mol. The third kappa shape index (κ3) is 2.70. The van der Waals surface area contributed by atoms with E-state index in [9.17, 15) is 13.2 Å². The van der Waals surface area contributed by atoms with E-state index in [0.717, 1.165) is 27.7 Å². The van der Waals surface area contributed by atoms with Gasteiger partial charge in [-0.3, -0.25) is 0 Å². The molecule has 1 aromatic heterocycles. The highest BCUT2D eigenvalue weighted by atomic mass is 19.4. The van der Waals surface area contributed by atoms with E-state index in [2.05, 4.69) is 29.7 Å². The van der Waals surface area contributed by atoms with Crippen LogP contribution in [0.1, 0.15) is 40.8 Å². The van der Waals surface area contributed by atoms with Gasteiger partial charge in [0.2, 0.25) is 0 Å². The zero-order chi connectivity index (χ0) is 20.3. The molecule has 1 atom stereocenters. The molecule has 1 aliphatic rings. The maximum atomic E-state index is 13.6. The molecule has 0 aliphatic heterocycles. The van der Waals surface area contributed by atoms with Crippen LogP contribution < -0.4 is 0 Å². The lowest BCUT2D eigenvalue weighted by atomic mass is 10.0. The van der Waals surface area contributed by atoms with Gasteiger partial charge in [0.05, 0.1) is 5.56 Å². The maximum absolute atomic E-state index is 13.6. The van der Waals surface area contributed by atoms with Crippen LogP contribution in [0.5, 0.6) is 0 Å². The van der Waals surface area contributed by atoms with Crippen molar-refractivity contribution in [2.45, 2.75) is 32.5 Å². The molecule has 0 fully saturated rings. The van der Waals surface area contributed by atoms with Gasteiger partial charge >= 0.3 is 6.18 Å². The number of nitrogens with zero attached hydrogens (tertiary/aromatic N) is 1. The van der Waals surface area contributed by atoms with Gasteiger partial charge in [-0.25, -0.2) is 0 Å². The molecular formula is C25H20F3N. The lowest BCUT2D eigenvalue weighted by molar-refractivity contribution is -0.138. The molecular weight excluding hydrogens is 371 g/mol. The third-order valence-corrected chi connectivity index (χ3v) is 6.02. The van der Waals surface area contributed by atoms with Crippen molar-refractivity contribution in [3.05, 3.63) is 94.7 Å². The Kier molecular flexibility index (Phi) is 3.89. The van der Waals surface area contributed by atoms with Crippen LogP contribution in [0, 0.1) is 6.92 Å². The Morgan fingerprint density at radius 1 is 0.931 bits per heavy atom. The van der Waals surface area contributed by atoms with E-state index in [1.165, 1.54) is 23.3 Å². The molecule has 0 amide bonds. The maximum Gasteiger partial charge on any atom is 0.416 e. The van der Waals surface area contributed by atoms with Crippen molar-refractivity contribution in [1.82, 2.24) is 4.57 Å². The molecule has 1 nitrogen and oxygen atoms in total. The van der Waals surface area contributed by atoms with Crippen LogP contribution in [0.4, 0.5) is 13.2 Å². The smallest absolute Gasteiger partial charge is 0.339 e. The molecule has 5 rings (SSSR count). The summed E-state index contributed by atoms with van der Waals surface area (Å²) in [5.41, 5.74) is 6.55. The number of aromatic nitrogens is 1. The van der Waals surface area contributed by atoms with E-state index in [4.69, 9.17) is 0 Å². The van der Waals surface area contributed by atoms with Gasteiger partial charge in [-0.2, -0.15) is 13.2 Å². The number of hydrogen-bond acceptors (Lipinski definition) is 0. The number of halogens is 3. The summed E-state index contributed by atoms with van der Waals surface area (Å²) in [6.45, 7) is 4.39. The SMILES string of the molecule is Cc1ccc2c(c1)c1c(n2Cc2ccccc2C(F)(F)F)C(C)c2ccccc2-1. The normalized spacial score (nSPS) is 15.6. The molecule has 0 radical (unpaired) electrons. The second kappa shape index (κ2) is 6.24. The quantitative estimate of drug-likeness (QED) is 0.342. The van der Waals surface area contributed by atoms with Crippen molar-refractivity contribution in [1.29, 1.82) is 0 Å². The van der Waals surface area contributed by atoms with Gasteiger partial charge < -0.3 is 4.57 Å². The molecule has 0 saturated carbocycles. The van der Waals surface area contributed by atoms with Gasteiger partial charge in [0.25, 0.3) is 0 Å². The lowest BCUT2D eigenvalue weighted by Crippen LogP contribution is -2.13. The van der Waals surface area contributed by atoms with Gasteiger partial charge in [-0.05, 0) is 41.8 Å². The molecule has 1 heterocycles.